The van der Waals surface area contributed by atoms with Gasteiger partial charge in [0, 0.05) is 0 Å². The lowest BCUT2D eigenvalue weighted by molar-refractivity contribution is -0.139. The summed E-state index contributed by atoms with van der Waals surface area (Å²) in [6, 6.07) is -1.49. The Balaban J connectivity index is 2.47. The van der Waals surface area contributed by atoms with Gasteiger partial charge in [0.1, 0.15) is 17.8 Å². The normalized spacial score (nSPS) is 14.5. The van der Waals surface area contributed by atoms with Crippen molar-refractivity contribution >= 4 is 29.2 Å². The highest BCUT2D eigenvalue weighted by atomic mass is 35.5. The van der Waals surface area contributed by atoms with Crippen molar-refractivity contribution in [2.45, 2.75) is 38.3 Å². The molecule has 28 heavy (non-hydrogen) atoms. The molecular weight excluding hydrogens is 416 g/mol. The number of nitrogen functional groups attached to an aromatic ring is 1. The van der Waals surface area contributed by atoms with Gasteiger partial charge in [-0.2, -0.15) is 41.3 Å². The number of alkyl halides is 6. The van der Waals surface area contributed by atoms with Crippen molar-refractivity contribution in [2.24, 2.45) is 0 Å². The highest BCUT2D eigenvalue weighted by molar-refractivity contribution is 6.31. The summed E-state index contributed by atoms with van der Waals surface area (Å²) in [5, 5.41) is 3.82. The molecule has 0 amide bonds. The lowest BCUT2D eigenvalue weighted by Crippen LogP contribution is -2.35. The number of nitrogens with zero attached hydrogens (tertiary/aromatic N) is 4. The Hall–Kier alpha value is -2.57. The SMILES string of the molecule is C[C@@H](Nc1nc(N[C@H](C)C(F)(F)F)nc(-c2ccc(N)c(Cl)n2)n1)C(F)(F)F. The third-order valence-corrected chi connectivity index (χ3v) is 3.72. The molecule has 2 atom stereocenters. The maximum absolute atomic E-state index is 12.8. The summed E-state index contributed by atoms with van der Waals surface area (Å²) in [6.07, 6.45) is -9.27. The van der Waals surface area contributed by atoms with Crippen molar-refractivity contribution in [1.82, 2.24) is 19.9 Å². The van der Waals surface area contributed by atoms with E-state index in [1.54, 1.807) is 0 Å². The number of nitrogens with two attached hydrogens (primary N) is 1. The molecule has 2 aromatic heterocycles. The third kappa shape index (κ3) is 5.47. The van der Waals surface area contributed by atoms with Crippen LogP contribution in [0.3, 0.4) is 0 Å². The molecule has 0 fully saturated rings. The predicted octanol–water partition coefficient (Wildman–Crippen LogP) is 3.89. The smallest absolute Gasteiger partial charge is 0.396 e. The Morgan fingerprint density at radius 2 is 1.32 bits per heavy atom. The van der Waals surface area contributed by atoms with Crippen LogP contribution in [0.5, 0.6) is 0 Å². The lowest BCUT2D eigenvalue weighted by Gasteiger charge is -2.20. The van der Waals surface area contributed by atoms with Gasteiger partial charge in [-0.05, 0) is 26.0 Å². The average Bonchev–Trinajstić information content (AvgIpc) is 2.55. The first kappa shape index (κ1) is 21.7. The molecule has 7 nitrogen and oxygen atoms in total. The molecular formula is C14H14ClF6N7. The van der Waals surface area contributed by atoms with E-state index in [9.17, 15) is 26.3 Å². The van der Waals surface area contributed by atoms with Crippen molar-refractivity contribution in [3.63, 3.8) is 0 Å². The topological polar surface area (TPSA) is 102 Å². The number of rotatable bonds is 5. The van der Waals surface area contributed by atoms with Gasteiger partial charge in [-0.3, -0.25) is 0 Å². The summed E-state index contributed by atoms with van der Waals surface area (Å²) >= 11 is 5.80. The maximum Gasteiger partial charge on any atom is 0.408 e. The van der Waals surface area contributed by atoms with E-state index < -0.39 is 36.3 Å². The molecule has 154 valence electrons. The van der Waals surface area contributed by atoms with Crippen LogP contribution in [0.15, 0.2) is 12.1 Å². The minimum Gasteiger partial charge on any atom is -0.396 e. The van der Waals surface area contributed by atoms with Crippen molar-refractivity contribution < 1.29 is 26.3 Å². The first-order chi connectivity index (χ1) is 12.8. The molecule has 4 N–H and O–H groups in total. The van der Waals surface area contributed by atoms with Crippen LogP contribution in [0.4, 0.5) is 43.9 Å². The first-order valence-electron chi connectivity index (χ1n) is 7.62. The number of pyridine rings is 1. The van der Waals surface area contributed by atoms with Gasteiger partial charge in [-0.1, -0.05) is 11.6 Å². The fourth-order valence-electron chi connectivity index (χ4n) is 1.74. The monoisotopic (exact) mass is 429 g/mol. The number of hydrogen-bond acceptors (Lipinski definition) is 7. The number of aromatic nitrogens is 4. The van der Waals surface area contributed by atoms with Crippen LogP contribution in [0.1, 0.15) is 13.8 Å². The van der Waals surface area contributed by atoms with Crippen LogP contribution < -0.4 is 16.4 Å². The zero-order chi connectivity index (χ0) is 21.3. The summed E-state index contributed by atoms with van der Waals surface area (Å²) < 4.78 is 76.7. The van der Waals surface area contributed by atoms with Crippen LogP contribution in [-0.2, 0) is 0 Å². The van der Waals surface area contributed by atoms with Gasteiger partial charge in [0.25, 0.3) is 0 Å². The van der Waals surface area contributed by atoms with Crippen LogP contribution in [-0.4, -0.2) is 44.4 Å². The molecule has 0 radical (unpaired) electrons. The molecule has 0 saturated heterocycles. The quantitative estimate of drug-likeness (QED) is 0.489. The van der Waals surface area contributed by atoms with Crippen LogP contribution in [0, 0.1) is 0 Å². The fourth-order valence-corrected chi connectivity index (χ4v) is 1.89. The summed E-state index contributed by atoms with van der Waals surface area (Å²) in [4.78, 5) is 15.0. The highest BCUT2D eigenvalue weighted by Gasteiger charge is 2.38. The van der Waals surface area contributed by atoms with Crippen LogP contribution in [0.2, 0.25) is 5.15 Å². The van der Waals surface area contributed by atoms with E-state index in [1.807, 2.05) is 10.6 Å². The van der Waals surface area contributed by atoms with Crippen LogP contribution >= 0.6 is 11.6 Å². The maximum atomic E-state index is 12.8. The van der Waals surface area contributed by atoms with Crippen molar-refractivity contribution in [3.8, 4) is 11.5 Å². The van der Waals surface area contributed by atoms with Gasteiger partial charge < -0.3 is 16.4 Å². The molecule has 0 aliphatic heterocycles. The standard InChI is InChI=1S/C14H14ClF6N7/c1-5(13(16,17)18)23-11-26-10(8-4-3-7(22)9(15)25-8)27-12(28-11)24-6(2)14(19,20)21/h3-6H,22H2,1-2H3,(H2,23,24,26,27,28)/t5-,6-/m1/s1. The van der Waals surface area contributed by atoms with Crippen molar-refractivity contribution in [2.75, 3.05) is 16.4 Å². The van der Waals surface area contributed by atoms with E-state index in [1.165, 1.54) is 12.1 Å². The summed E-state index contributed by atoms with van der Waals surface area (Å²) in [7, 11) is 0. The van der Waals surface area contributed by atoms with E-state index in [4.69, 9.17) is 17.3 Å². The summed E-state index contributed by atoms with van der Waals surface area (Å²) in [5.74, 6) is -1.49. The molecule has 0 spiro atoms. The van der Waals surface area contributed by atoms with Crippen molar-refractivity contribution in [3.05, 3.63) is 17.3 Å². The van der Waals surface area contributed by atoms with Gasteiger partial charge in [-0.15, -0.1) is 0 Å². The van der Waals surface area contributed by atoms with Gasteiger partial charge in [0.05, 0.1) is 5.69 Å². The first-order valence-corrected chi connectivity index (χ1v) is 8.00. The zero-order valence-corrected chi connectivity index (χ0v) is 15.1. The minimum absolute atomic E-state index is 0.0213. The molecule has 0 aromatic carbocycles. The Labute approximate surface area is 159 Å². The Bertz CT molecular complexity index is 802. The summed E-state index contributed by atoms with van der Waals surface area (Å²) in [5.41, 5.74) is 5.63. The number of halogens is 7. The fraction of sp³-hybridized carbons (Fsp3) is 0.429. The molecule has 0 saturated carbocycles. The van der Waals surface area contributed by atoms with Crippen LogP contribution in [0.25, 0.3) is 11.5 Å². The van der Waals surface area contributed by atoms with E-state index >= 15 is 0 Å². The van der Waals surface area contributed by atoms with Gasteiger partial charge in [0.15, 0.2) is 11.0 Å². The third-order valence-electron chi connectivity index (χ3n) is 3.42. The van der Waals surface area contributed by atoms with E-state index in [2.05, 4.69) is 19.9 Å². The van der Waals surface area contributed by atoms with Gasteiger partial charge >= 0.3 is 12.4 Å². The predicted molar refractivity (Wildman–Crippen MR) is 90.8 cm³/mol. The van der Waals surface area contributed by atoms with E-state index in [0.717, 1.165) is 13.8 Å². The molecule has 0 aliphatic carbocycles. The Kier molecular flexibility index (Phi) is 6.06. The number of hydrogen-bond donors (Lipinski definition) is 3. The second-order valence-electron chi connectivity index (χ2n) is 5.70. The van der Waals surface area contributed by atoms with Gasteiger partial charge in [-0.25, -0.2) is 4.98 Å². The molecule has 0 aliphatic rings. The Morgan fingerprint density at radius 1 is 0.857 bits per heavy atom. The Morgan fingerprint density at radius 3 is 1.71 bits per heavy atom. The minimum atomic E-state index is -4.64. The second-order valence-corrected chi connectivity index (χ2v) is 6.06. The van der Waals surface area contributed by atoms with E-state index in [-0.39, 0.29) is 22.4 Å². The van der Waals surface area contributed by atoms with Crippen molar-refractivity contribution in [1.29, 1.82) is 0 Å². The molecule has 0 unspecified atom stereocenters. The summed E-state index contributed by atoms with van der Waals surface area (Å²) in [6.45, 7) is 1.60. The lowest BCUT2D eigenvalue weighted by atomic mass is 10.3. The molecule has 0 bridgehead atoms. The van der Waals surface area contributed by atoms with Gasteiger partial charge in [0.2, 0.25) is 11.9 Å². The molecule has 2 heterocycles. The number of nitrogens with one attached hydrogen (secondary N) is 2. The molecule has 2 aromatic rings. The zero-order valence-electron chi connectivity index (χ0n) is 14.3. The largest absolute Gasteiger partial charge is 0.408 e. The molecule has 14 heteroatoms. The van der Waals surface area contributed by atoms with E-state index in [0.29, 0.717) is 0 Å². The highest BCUT2D eigenvalue weighted by Crippen LogP contribution is 2.27. The average molecular weight is 430 g/mol. The number of anilines is 3. The second kappa shape index (κ2) is 7.81. The molecule has 2 rings (SSSR count).